The average molecular weight is 306 g/mol. The third-order valence-corrected chi connectivity index (χ3v) is 3.44. The van der Waals surface area contributed by atoms with Gasteiger partial charge in [0.15, 0.2) is 0 Å². The maximum absolute atomic E-state index is 5.86. The summed E-state index contributed by atoms with van der Waals surface area (Å²) in [6.45, 7) is 1.75. The van der Waals surface area contributed by atoms with Crippen molar-refractivity contribution in [1.29, 1.82) is 0 Å². The molecule has 2 rings (SSSR count). The van der Waals surface area contributed by atoms with E-state index in [1.807, 2.05) is 13.1 Å². The van der Waals surface area contributed by atoms with Gasteiger partial charge in [-0.2, -0.15) is 0 Å². The van der Waals surface area contributed by atoms with Gasteiger partial charge in [-0.15, -0.1) is 0 Å². The Morgan fingerprint density at radius 3 is 3.12 bits per heavy atom. The number of ether oxygens (including phenoxy) is 1. The Labute approximate surface area is 109 Å². The van der Waals surface area contributed by atoms with Gasteiger partial charge >= 0.3 is 0 Å². The van der Waals surface area contributed by atoms with Crippen LogP contribution in [-0.4, -0.2) is 31.3 Å². The molecule has 0 spiro atoms. The lowest BCUT2D eigenvalue weighted by Crippen LogP contribution is -2.29. The number of pyridine rings is 1. The van der Waals surface area contributed by atoms with Crippen LogP contribution in [0.1, 0.15) is 12.8 Å². The molecule has 1 saturated heterocycles. The number of hydrogen-bond acceptors (Lipinski definition) is 3. The summed E-state index contributed by atoms with van der Waals surface area (Å²) in [7, 11) is 2.02. The van der Waals surface area contributed by atoms with E-state index in [0.29, 0.717) is 11.1 Å². The van der Waals surface area contributed by atoms with Gasteiger partial charge in [-0.3, -0.25) is 0 Å². The first-order valence-electron chi connectivity index (χ1n) is 5.30. The molecule has 0 saturated carbocycles. The number of anilines is 1. The zero-order valence-corrected chi connectivity index (χ0v) is 11.5. The second kappa shape index (κ2) is 5.34. The van der Waals surface area contributed by atoms with Crippen molar-refractivity contribution in [3.63, 3.8) is 0 Å². The van der Waals surface area contributed by atoms with Crippen molar-refractivity contribution in [3.05, 3.63) is 21.8 Å². The Balaban J connectivity index is 2.04. The molecule has 2 heterocycles. The van der Waals surface area contributed by atoms with Gasteiger partial charge in [0.05, 0.1) is 15.6 Å². The van der Waals surface area contributed by atoms with Gasteiger partial charge in [-0.05, 0) is 34.8 Å². The van der Waals surface area contributed by atoms with E-state index in [-0.39, 0.29) is 0 Å². The van der Waals surface area contributed by atoms with E-state index in [0.717, 1.165) is 36.3 Å². The van der Waals surface area contributed by atoms with E-state index >= 15 is 0 Å². The fourth-order valence-corrected chi connectivity index (χ4v) is 2.81. The molecule has 16 heavy (non-hydrogen) atoms. The highest BCUT2D eigenvalue weighted by Crippen LogP contribution is 2.26. The highest BCUT2D eigenvalue weighted by molar-refractivity contribution is 9.10. The molecule has 5 heteroatoms. The molecule has 1 aromatic rings. The minimum Gasteiger partial charge on any atom is -0.376 e. The van der Waals surface area contributed by atoms with Crippen LogP contribution in [0.25, 0.3) is 0 Å². The molecule has 0 aromatic carbocycles. The predicted octanol–water partition coefficient (Wildman–Crippen LogP) is 3.11. The lowest BCUT2D eigenvalue weighted by atomic mass is 10.2. The Morgan fingerprint density at radius 2 is 2.50 bits per heavy atom. The van der Waals surface area contributed by atoms with Crippen molar-refractivity contribution in [2.45, 2.75) is 18.9 Å². The number of rotatable bonds is 3. The van der Waals surface area contributed by atoms with E-state index in [9.17, 15) is 0 Å². The molecule has 0 amide bonds. The van der Waals surface area contributed by atoms with Crippen molar-refractivity contribution < 1.29 is 4.74 Å². The number of aromatic nitrogens is 1. The maximum Gasteiger partial charge on any atom is 0.142 e. The molecule has 1 fully saturated rings. The van der Waals surface area contributed by atoms with Crippen LogP contribution in [0.3, 0.4) is 0 Å². The van der Waals surface area contributed by atoms with Crippen LogP contribution in [0, 0.1) is 0 Å². The Bertz CT molecular complexity index is 369. The zero-order chi connectivity index (χ0) is 11.5. The number of hydrogen-bond donors (Lipinski definition) is 0. The third-order valence-electron chi connectivity index (χ3n) is 2.65. The average Bonchev–Trinajstić information content (AvgIpc) is 2.70. The summed E-state index contributed by atoms with van der Waals surface area (Å²) in [5, 5.41) is 0.640. The van der Waals surface area contributed by atoms with Crippen molar-refractivity contribution in [1.82, 2.24) is 4.98 Å². The van der Waals surface area contributed by atoms with Gasteiger partial charge in [0.2, 0.25) is 0 Å². The largest absolute Gasteiger partial charge is 0.376 e. The second-order valence-corrected chi connectivity index (χ2v) is 5.27. The lowest BCUT2D eigenvalue weighted by molar-refractivity contribution is 0.116. The first kappa shape index (κ1) is 12.1. The Hall–Kier alpha value is -0.320. The van der Waals surface area contributed by atoms with E-state index < -0.39 is 0 Å². The summed E-state index contributed by atoms with van der Waals surface area (Å²) in [5.41, 5.74) is 0. The van der Waals surface area contributed by atoms with E-state index in [4.69, 9.17) is 16.3 Å². The standard InChI is InChI=1S/C11H14BrClN2O/c1-15(7-9-3-2-4-16-9)11-10(12)5-8(13)6-14-11/h5-6,9H,2-4,7H2,1H3. The van der Waals surface area contributed by atoms with Gasteiger partial charge in [-0.1, -0.05) is 11.6 Å². The van der Waals surface area contributed by atoms with Gasteiger partial charge < -0.3 is 9.64 Å². The van der Waals surface area contributed by atoms with Crippen molar-refractivity contribution in [2.24, 2.45) is 0 Å². The molecular formula is C11H14BrClN2O. The molecule has 0 bridgehead atoms. The van der Waals surface area contributed by atoms with Crippen molar-refractivity contribution in [2.75, 3.05) is 25.1 Å². The summed E-state index contributed by atoms with van der Waals surface area (Å²) in [6, 6.07) is 1.86. The van der Waals surface area contributed by atoms with Crippen LogP contribution < -0.4 is 4.90 Å². The molecule has 1 atom stereocenters. The number of halogens is 2. The lowest BCUT2D eigenvalue weighted by Gasteiger charge is -2.22. The normalized spacial score (nSPS) is 20.1. The molecule has 3 nitrogen and oxygen atoms in total. The van der Waals surface area contributed by atoms with Gasteiger partial charge in [0.1, 0.15) is 5.82 Å². The quantitative estimate of drug-likeness (QED) is 0.858. The topological polar surface area (TPSA) is 25.4 Å². The second-order valence-electron chi connectivity index (χ2n) is 3.97. The first-order valence-corrected chi connectivity index (χ1v) is 6.47. The fourth-order valence-electron chi connectivity index (χ4n) is 1.87. The van der Waals surface area contributed by atoms with Gasteiger partial charge in [0.25, 0.3) is 0 Å². The molecule has 88 valence electrons. The van der Waals surface area contributed by atoms with Crippen LogP contribution >= 0.6 is 27.5 Å². The molecule has 0 radical (unpaired) electrons. The molecule has 1 aliphatic heterocycles. The van der Waals surface area contributed by atoms with E-state index in [1.54, 1.807) is 6.20 Å². The Kier molecular flexibility index (Phi) is 4.05. The van der Waals surface area contributed by atoms with E-state index in [2.05, 4.69) is 25.8 Å². The fraction of sp³-hybridized carbons (Fsp3) is 0.545. The molecule has 0 aliphatic carbocycles. The van der Waals surface area contributed by atoms with Gasteiger partial charge in [0, 0.05) is 26.4 Å². The Morgan fingerprint density at radius 1 is 1.69 bits per heavy atom. The van der Waals surface area contributed by atoms with Crippen LogP contribution in [0.4, 0.5) is 5.82 Å². The smallest absolute Gasteiger partial charge is 0.142 e. The molecular weight excluding hydrogens is 291 g/mol. The number of nitrogens with zero attached hydrogens (tertiary/aromatic N) is 2. The highest BCUT2D eigenvalue weighted by atomic mass is 79.9. The number of likely N-dealkylation sites (N-methyl/N-ethyl adjacent to an activating group) is 1. The predicted molar refractivity (Wildman–Crippen MR) is 69.2 cm³/mol. The zero-order valence-electron chi connectivity index (χ0n) is 9.12. The molecule has 1 unspecified atom stereocenters. The highest BCUT2D eigenvalue weighted by Gasteiger charge is 2.19. The summed E-state index contributed by atoms with van der Waals surface area (Å²) in [6.07, 6.45) is 4.28. The minimum absolute atomic E-state index is 0.328. The molecule has 0 N–H and O–H groups in total. The third kappa shape index (κ3) is 2.87. The van der Waals surface area contributed by atoms with Crippen molar-refractivity contribution >= 4 is 33.3 Å². The SMILES string of the molecule is CN(CC1CCCO1)c1ncc(Cl)cc1Br. The van der Waals surface area contributed by atoms with Crippen LogP contribution in [0.15, 0.2) is 16.7 Å². The monoisotopic (exact) mass is 304 g/mol. The minimum atomic E-state index is 0.328. The van der Waals surface area contributed by atoms with Crippen LogP contribution in [-0.2, 0) is 4.74 Å². The molecule has 1 aromatic heterocycles. The summed E-state index contributed by atoms with van der Waals surface area (Å²) < 4.78 is 6.51. The summed E-state index contributed by atoms with van der Waals surface area (Å²) >= 11 is 9.32. The van der Waals surface area contributed by atoms with Crippen LogP contribution in [0.2, 0.25) is 5.02 Å². The summed E-state index contributed by atoms with van der Waals surface area (Å²) in [5.74, 6) is 0.903. The van der Waals surface area contributed by atoms with Crippen molar-refractivity contribution in [3.8, 4) is 0 Å². The van der Waals surface area contributed by atoms with E-state index in [1.165, 1.54) is 0 Å². The summed E-state index contributed by atoms with van der Waals surface area (Å²) in [4.78, 5) is 6.40. The first-order chi connectivity index (χ1) is 7.66. The molecule has 1 aliphatic rings. The van der Waals surface area contributed by atoms with Crippen LogP contribution in [0.5, 0.6) is 0 Å². The maximum atomic E-state index is 5.86. The van der Waals surface area contributed by atoms with Gasteiger partial charge in [-0.25, -0.2) is 4.98 Å².